The first-order valence-electron chi connectivity index (χ1n) is 9.33. The highest BCUT2D eigenvalue weighted by molar-refractivity contribution is 6.33. The molecule has 28 heavy (non-hydrogen) atoms. The largest absolute Gasteiger partial charge is 0.397 e. The minimum atomic E-state index is -0.497. The number of hydrogen-bond acceptors (Lipinski definition) is 7. The van der Waals surface area contributed by atoms with Crippen LogP contribution in [0.25, 0.3) is 0 Å². The molecule has 8 nitrogen and oxygen atoms in total. The van der Waals surface area contributed by atoms with E-state index >= 15 is 0 Å². The first-order chi connectivity index (χ1) is 13.5. The molecular weight excluding hydrogens is 380 g/mol. The average Bonchev–Trinajstić information content (AvgIpc) is 3.13. The van der Waals surface area contributed by atoms with Crippen LogP contribution in [0.15, 0.2) is 24.3 Å². The Kier molecular flexibility index (Phi) is 6.53. The second kappa shape index (κ2) is 9.07. The molecule has 1 aromatic heterocycles. The van der Waals surface area contributed by atoms with Gasteiger partial charge in [0, 0.05) is 36.6 Å². The maximum Gasteiger partial charge on any atom is 0.245 e. The lowest BCUT2D eigenvalue weighted by Gasteiger charge is -2.19. The number of anilines is 4. The van der Waals surface area contributed by atoms with E-state index < -0.39 is 6.61 Å². The Morgan fingerprint density at radius 1 is 1.39 bits per heavy atom. The van der Waals surface area contributed by atoms with Gasteiger partial charge in [-0.3, -0.25) is 4.79 Å². The summed E-state index contributed by atoms with van der Waals surface area (Å²) in [6, 6.07) is 7.28. The van der Waals surface area contributed by atoms with Gasteiger partial charge in [-0.15, -0.1) is 0 Å². The second-order valence-electron chi connectivity index (χ2n) is 6.81. The van der Waals surface area contributed by atoms with Crippen molar-refractivity contribution in [2.75, 3.05) is 35.6 Å². The number of aromatic nitrogens is 2. The molecule has 0 saturated carbocycles. The maximum atomic E-state index is 11.4. The van der Waals surface area contributed by atoms with E-state index in [1.807, 2.05) is 12.1 Å². The fourth-order valence-corrected chi connectivity index (χ4v) is 3.31. The van der Waals surface area contributed by atoms with Gasteiger partial charge in [-0.2, -0.15) is 4.98 Å². The number of carbonyl (C=O) groups is 1. The molecule has 1 aromatic carbocycles. The van der Waals surface area contributed by atoms with Crippen molar-refractivity contribution in [2.45, 2.75) is 32.2 Å². The van der Waals surface area contributed by atoms with Crippen LogP contribution < -0.4 is 21.3 Å². The van der Waals surface area contributed by atoms with Crippen molar-refractivity contribution in [1.82, 2.24) is 15.3 Å². The number of aryl methyl sites for hydroxylation is 1. The van der Waals surface area contributed by atoms with Crippen molar-refractivity contribution < 1.29 is 9.90 Å². The van der Waals surface area contributed by atoms with Crippen molar-refractivity contribution >= 4 is 40.6 Å². The smallest absolute Gasteiger partial charge is 0.245 e. The summed E-state index contributed by atoms with van der Waals surface area (Å²) in [4.78, 5) is 22.8. The molecule has 1 amide bonds. The zero-order chi connectivity index (χ0) is 20.1. The summed E-state index contributed by atoms with van der Waals surface area (Å²) in [6.45, 7) is 3.02. The Morgan fingerprint density at radius 2 is 2.21 bits per heavy atom. The van der Waals surface area contributed by atoms with Gasteiger partial charge in [-0.1, -0.05) is 24.9 Å². The number of benzene rings is 1. The van der Waals surface area contributed by atoms with Gasteiger partial charge < -0.3 is 26.4 Å². The number of amides is 1. The minimum Gasteiger partial charge on any atom is -0.397 e. The fourth-order valence-electron chi connectivity index (χ4n) is 3.20. The zero-order valence-corrected chi connectivity index (χ0v) is 16.5. The number of nitrogen functional groups attached to an aromatic ring is 1. The lowest BCUT2D eigenvalue weighted by atomic mass is 10.2. The van der Waals surface area contributed by atoms with Crippen LogP contribution in [0.5, 0.6) is 0 Å². The number of halogens is 1. The van der Waals surface area contributed by atoms with Gasteiger partial charge in [0.05, 0.1) is 10.7 Å². The van der Waals surface area contributed by atoms with Crippen LogP contribution in [0.1, 0.15) is 25.5 Å². The molecule has 9 heteroatoms. The third-order valence-electron chi connectivity index (χ3n) is 4.54. The number of aliphatic hydroxyl groups excluding tert-OH is 1. The summed E-state index contributed by atoms with van der Waals surface area (Å²) in [5.41, 5.74) is 8.06. The van der Waals surface area contributed by atoms with Gasteiger partial charge in [0.1, 0.15) is 12.4 Å². The molecular formula is C19H25ClN6O2. The Balaban J connectivity index is 1.79. The second-order valence-corrected chi connectivity index (χ2v) is 7.22. The summed E-state index contributed by atoms with van der Waals surface area (Å²) >= 11 is 5.99. The molecule has 2 aromatic rings. The summed E-state index contributed by atoms with van der Waals surface area (Å²) < 4.78 is 0. The molecule has 1 unspecified atom stereocenters. The van der Waals surface area contributed by atoms with Crippen LogP contribution in [0.2, 0.25) is 5.02 Å². The van der Waals surface area contributed by atoms with E-state index in [4.69, 9.17) is 22.4 Å². The van der Waals surface area contributed by atoms with Gasteiger partial charge in [0.2, 0.25) is 11.9 Å². The number of rotatable bonds is 7. The van der Waals surface area contributed by atoms with Crippen molar-refractivity contribution in [2.24, 2.45) is 0 Å². The molecule has 0 bridgehead atoms. The van der Waals surface area contributed by atoms with Crippen LogP contribution in [0.4, 0.5) is 23.1 Å². The van der Waals surface area contributed by atoms with Gasteiger partial charge >= 0.3 is 0 Å². The summed E-state index contributed by atoms with van der Waals surface area (Å²) in [5.74, 6) is 0.943. The van der Waals surface area contributed by atoms with E-state index in [1.165, 1.54) is 0 Å². The van der Waals surface area contributed by atoms with E-state index in [0.717, 1.165) is 43.0 Å². The Labute approximate surface area is 169 Å². The van der Waals surface area contributed by atoms with E-state index in [1.54, 1.807) is 12.1 Å². The Morgan fingerprint density at radius 3 is 2.93 bits per heavy atom. The predicted molar refractivity (Wildman–Crippen MR) is 111 cm³/mol. The van der Waals surface area contributed by atoms with Crippen LogP contribution in [-0.2, 0) is 11.2 Å². The van der Waals surface area contributed by atoms with E-state index in [-0.39, 0.29) is 11.9 Å². The number of hydrogen-bond donors (Lipinski definition) is 4. The van der Waals surface area contributed by atoms with Gasteiger partial charge in [-0.25, -0.2) is 4.98 Å². The molecule has 1 saturated heterocycles. The van der Waals surface area contributed by atoms with E-state index in [0.29, 0.717) is 23.2 Å². The molecule has 5 N–H and O–H groups in total. The first kappa shape index (κ1) is 20.2. The lowest BCUT2D eigenvalue weighted by molar-refractivity contribution is -0.124. The SMILES string of the molecule is CCCc1cc(N2CCC(NC(=O)CO)C2)nc(Nc2ccc(Cl)c(N)c2)n1. The number of aliphatic hydroxyl groups is 1. The molecule has 1 atom stereocenters. The monoisotopic (exact) mass is 404 g/mol. The highest BCUT2D eigenvalue weighted by atomic mass is 35.5. The number of nitrogens with two attached hydrogens (primary N) is 1. The van der Waals surface area contributed by atoms with Gasteiger partial charge in [-0.05, 0) is 31.0 Å². The molecule has 2 heterocycles. The molecule has 1 aliphatic heterocycles. The standard InChI is InChI=1S/C19H25ClN6O2/c1-2-3-12-9-17(26-7-6-14(10-26)22-18(28)11-27)25-19(23-12)24-13-4-5-15(20)16(21)8-13/h4-5,8-9,14,27H,2-3,6-7,10-11,21H2,1H3,(H,22,28)(H,23,24,25). The third-order valence-corrected chi connectivity index (χ3v) is 4.89. The molecule has 150 valence electrons. The number of carbonyl (C=O) groups excluding carboxylic acids is 1. The van der Waals surface area contributed by atoms with Gasteiger partial charge in [0.15, 0.2) is 0 Å². The fraction of sp³-hybridized carbons (Fsp3) is 0.421. The maximum absolute atomic E-state index is 11.4. The highest BCUT2D eigenvalue weighted by Gasteiger charge is 2.25. The van der Waals surface area contributed by atoms with Crippen LogP contribution in [0.3, 0.4) is 0 Å². The normalized spacial score (nSPS) is 16.2. The molecule has 3 rings (SSSR count). The van der Waals surface area contributed by atoms with Crippen molar-refractivity contribution in [1.29, 1.82) is 0 Å². The van der Waals surface area contributed by atoms with E-state index in [9.17, 15) is 4.79 Å². The summed E-state index contributed by atoms with van der Waals surface area (Å²) in [7, 11) is 0. The van der Waals surface area contributed by atoms with E-state index in [2.05, 4.69) is 32.4 Å². The average molecular weight is 405 g/mol. The molecule has 0 radical (unpaired) electrons. The van der Waals surface area contributed by atoms with Crippen LogP contribution >= 0.6 is 11.6 Å². The molecule has 1 fully saturated rings. The summed E-state index contributed by atoms with van der Waals surface area (Å²) in [5, 5.41) is 15.4. The van der Waals surface area contributed by atoms with Crippen LogP contribution in [0, 0.1) is 0 Å². The minimum absolute atomic E-state index is 0.00304. The zero-order valence-electron chi connectivity index (χ0n) is 15.8. The Hall–Kier alpha value is -2.58. The third kappa shape index (κ3) is 5.02. The van der Waals surface area contributed by atoms with Crippen LogP contribution in [-0.4, -0.2) is 46.7 Å². The van der Waals surface area contributed by atoms with Crippen molar-refractivity contribution in [3.05, 3.63) is 35.0 Å². The highest BCUT2D eigenvalue weighted by Crippen LogP contribution is 2.26. The first-order valence-corrected chi connectivity index (χ1v) is 9.71. The number of nitrogens with zero attached hydrogens (tertiary/aromatic N) is 3. The molecule has 1 aliphatic rings. The summed E-state index contributed by atoms with van der Waals surface area (Å²) in [6.07, 6.45) is 2.61. The lowest BCUT2D eigenvalue weighted by Crippen LogP contribution is -2.38. The number of nitrogens with one attached hydrogen (secondary N) is 2. The topological polar surface area (TPSA) is 116 Å². The molecule has 0 spiro atoms. The Bertz CT molecular complexity index is 847. The van der Waals surface area contributed by atoms with Crippen molar-refractivity contribution in [3.63, 3.8) is 0 Å². The molecule has 0 aliphatic carbocycles. The van der Waals surface area contributed by atoms with Crippen molar-refractivity contribution in [3.8, 4) is 0 Å². The van der Waals surface area contributed by atoms with Gasteiger partial charge in [0.25, 0.3) is 0 Å². The quantitative estimate of drug-likeness (QED) is 0.522. The predicted octanol–water partition coefficient (Wildman–Crippen LogP) is 2.10.